The molecule has 0 heterocycles. The minimum Gasteiger partial charge on any atom is -0.481 e. The summed E-state index contributed by atoms with van der Waals surface area (Å²) in [4.78, 5) is 22.9. The van der Waals surface area contributed by atoms with Gasteiger partial charge in [-0.15, -0.1) is 0 Å². The minimum atomic E-state index is -0.859. The summed E-state index contributed by atoms with van der Waals surface area (Å²) >= 11 is 0. The molecule has 1 amide bonds. The van der Waals surface area contributed by atoms with Crippen molar-refractivity contribution in [1.29, 1.82) is 0 Å². The van der Waals surface area contributed by atoms with Gasteiger partial charge in [0.05, 0.1) is 17.5 Å². The lowest BCUT2D eigenvalue weighted by Gasteiger charge is -2.43. The molecule has 0 aliphatic heterocycles. The van der Waals surface area contributed by atoms with E-state index in [0.29, 0.717) is 12.8 Å². The fourth-order valence-electron chi connectivity index (χ4n) is 2.84. The Bertz CT molecular complexity index is 331. The van der Waals surface area contributed by atoms with Gasteiger partial charge in [-0.2, -0.15) is 0 Å². The first-order chi connectivity index (χ1) is 7.96. The highest BCUT2D eigenvalue weighted by Gasteiger charge is 2.45. The minimum absolute atomic E-state index is 0.00875. The predicted molar refractivity (Wildman–Crippen MR) is 62.4 cm³/mol. The number of aliphatic carboxylic acids is 1. The fraction of sp³-hybridized carbons (Fsp3) is 0.833. The summed E-state index contributed by atoms with van der Waals surface area (Å²) in [5.74, 6) is -1.02. The van der Waals surface area contributed by atoms with Crippen LogP contribution in [0.4, 0.5) is 0 Å². The first kappa shape index (κ1) is 12.4. The molecule has 5 heteroatoms. The molecule has 2 fully saturated rings. The first-order valence-corrected chi connectivity index (χ1v) is 6.29. The molecule has 0 atom stereocenters. The Hall–Kier alpha value is -1.10. The molecule has 2 rings (SSSR count). The lowest BCUT2D eigenvalue weighted by atomic mass is 9.73. The summed E-state index contributed by atoms with van der Waals surface area (Å²) in [7, 11) is 0. The van der Waals surface area contributed by atoms with Crippen molar-refractivity contribution in [1.82, 2.24) is 5.32 Å². The number of hydrogen-bond donors (Lipinski definition) is 3. The monoisotopic (exact) mass is 240 g/mol. The molecule has 0 radical (unpaired) electrons. The molecule has 2 aliphatic carbocycles. The first-order valence-electron chi connectivity index (χ1n) is 6.29. The van der Waals surface area contributed by atoms with E-state index in [2.05, 4.69) is 5.32 Å². The Morgan fingerprint density at radius 3 is 2.12 bits per heavy atom. The topological polar surface area (TPSA) is 92.4 Å². The third kappa shape index (κ3) is 2.44. The molecular formula is C12H20N2O3. The van der Waals surface area contributed by atoms with Gasteiger partial charge in [-0.05, 0) is 32.1 Å². The van der Waals surface area contributed by atoms with Gasteiger partial charge in [0.2, 0.25) is 5.91 Å². The maximum Gasteiger partial charge on any atom is 0.305 e. The Morgan fingerprint density at radius 1 is 1.12 bits per heavy atom. The SMILES string of the molecule is NC1(C(=O)NC2(CC(=O)O)CCC2)CCCC1. The third-order valence-corrected chi connectivity index (χ3v) is 4.13. The van der Waals surface area contributed by atoms with Crippen molar-refractivity contribution < 1.29 is 14.7 Å². The highest BCUT2D eigenvalue weighted by atomic mass is 16.4. The van der Waals surface area contributed by atoms with Crippen LogP contribution in [0.25, 0.3) is 0 Å². The summed E-state index contributed by atoms with van der Waals surface area (Å²) in [6.45, 7) is 0. The fourth-order valence-corrected chi connectivity index (χ4v) is 2.84. The molecule has 0 aromatic rings. The van der Waals surface area contributed by atoms with Gasteiger partial charge in [0.1, 0.15) is 0 Å². The molecule has 2 saturated carbocycles. The number of nitrogens with two attached hydrogens (primary N) is 1. The third-order valence-electron chi connectivity index (χ3n) is 4.13. The highest BCUT2D eigenvalue weighted by molar-refractivity contribution is 5.87. The van der Waals surface area contributed by atoms with E-state index in [1.54, 1.807) is 0 Å². The van der Waals surface area contributed by atoms with Crippen LogP contribution in [-0.4, -0.2) is 28.1 Å². The van der Waals surface area contributed by atoms with Gasteiger partial charge < -0.3 is 16.2 Å². The van der Waals surface area contributed by atoms with Gasteiger partial charge in [0.25, 0.3) is 0 Å². The lowest BCUT2D eigenvalue weighted by Crippen LogP contribution is -2.62. The number of carboxylic acid groups (broad SMARTS) is 1. The standard InChI is InChI=1S/C12H20N2O3/c13-12(6-1-2-7-12)10(17)14-11(4-3-5-11)8-9(15)16/h1-8,13H2,(H,14,17)(H,15,16). The molecule has 0 aromatic heterocycles. The molecule has 96 valence electrons. The van der Waals surface area contributed by atoms with Gasteiger partial charge in [-0.1, -0.05) is 12.8 Å². The number of carboxylic acids is 1. The zero-order valence-electron chi connectivity index (χ0n) is 10.00. The van der Waals surface area contributed by atoms with E-state index in [-0.39, 0.29) is 12.3 Å². The molecular weight excluding hydrogens is 220 g/mol. The highest BCUT2D eigenvalue weighted by Crippen LogP contribution is 2.36. The van der Waals surface area contributed by atoms with Gasteiger partial charge in [0, 0.05) is 0 Å². The van der Waals surface area contributed by atoms with Crippen molar-refractivity contribution in [2.75, 3.05) is 0 Å². The van der Waals surface area contributed by atoms with Crippen molar-refractivity contribution in [3.63, 3.8) is 0 Å². The van der Waals surface area contributed by atoms with Crippen LogP contribution >= 0.6 is 0 Å². The van der Waals surface area contributed by atoms with Gasteiger partial charge in [-0.3, -0.25) is 9.59 Å². The predicted octanol–water partition coefficient (Wildman–Crippen LogP) is 0.771. The zero-order chi connectivity index (χ0) is 12.5. The van der Waals surface area contributed by atoms with Crippen LogP contribution in [0.1, 0.15) is 51.4 Å². The summed E-state index contributed by atoms with van der Waals surface area (Å²) < 4.78 is 0. The summed E-state index contributed by atoms with van der Waals surface area (Å²) in [6, 6.07) is 0. The van der Waals surface area contributed by atoms with E-state index in [9.17, 15) is 9.59 Å². The number of amides is 1. The van der Waals surface area contributed by atoms with Crippen LogP contribution < -0.4 is 11.1 Å². The van der Waals surface area contributed by atoms with E-state index >= 15 is 0 Å². The maximum atomic E-state index is 12.1. The zero-order valence-corrected chi connectivity index (χ0v) is 10.00. The second-order valence-electron chi connectivity index (χ2n) is 5.52. The van der Waals surface area contributed by atoms with Crippen molar-refractivity contribution in [2.24, 2.45) is 5.73 Å². The Labute approximate surface area is 101 Å². The number of carbonyl (C=O) groups is 2. The summed E-state index contributed by atoms with van der Waals surface area (Å²) in [5, 5.41) is 11.8. The van der Waals surface area contributed by atoms with Crippen LogP contribution in [0.15, 0.2) is 0 Å². The average Bonchev–Trinajstić information content (AvgIpc) is 2.62. The van der Waals surface area contributed by atoms with Gasteiger partial charge in [0.15, 0.2) is 0 Å². The van der Waals surface area contributed by atoms with Crippen LogP contribution in [0.5, 0.6) is 0 Å². The number of nitrogens with one attached hydrogen (secondary N) is 1. The van der Waals surface area contributed by atoms with E-state index in [1.807, 2.05) is 0 Å². The average molecular weight is 240 g/mol. The molecule has 4 N–H and O–H groups in total. The van der Waals surface area contributed by atoms with Crippen molar-refractivity contribution in [3.05, 3.63) is 0 Å². The number of carbonyl (C=O) groups excluding carboxylic acids is 1. The number of rotatable bonds is 4. The van der Waals surface area contributed by atoms with Crippen molar-refractivity contribution in [2.45, 2.75) is 62.4 Å². The molecule has 17 heavy (non-hydrogen) atoms. The number of hydrogen-bond acceptors (Lipinski definition) is 3. The molecule has 0 spiro atoms. The molecule has 5 nitrogen and oxygen atoms in total. The van der Waals surface area contributed by atoms with Crippen LogP contribution in [-0.2, 0) is 9.59 Å². The van der Waals surface area contributed by atoms with Crippen LogP contribution in [0.3, 0.4) is 0 Å². The Balaban J connectivity index is 1.99. The molecule has 0 aromatic carbocycles. The Morgan fingerprint density at radius 2 is 1.71 bits per heavy atom. The van der Waals surface area contributed by atoms with Crippen LogP contribution in [0, 0.1) is 0 Å². The van der Waals surface area contributed by atoms with Gasteiger partial charge in [-0.25, -0.2) is 0 Å². The second kappa shape index (κ2) is 4.29. The quantitative estimate of drug-likeness (QED) is 0.676. The van der Waals surface area contributed by atoms with E-state index in [1.165, 1.54) is 0 Å². The second-order valence-corrected chi connectivity index (χ2v) is 5.52. The normalized spacial score (nSPS) is 25.0. The molecule has 2 aliphatic rings. The van der Waals surface area contributed by atoms with Crippen LogP contribution in [0.2, 0.25) is 0 Å². The smallest absolute Gasteiger partial charge is 0.305 e. The maximum absolute atomic E-state index is 12.1. The van der Waals surface area contributed by atoms with E-state index in [0.717, 1.165) is 32.1 Å². The Kier molecular flexibility index (Phi) is 3.12. The van der Waals surface area contributed by atoms with Gasteiger partial charge >= 0.3 is 5.97 Å². The molecule has 0 bridgehead atoms. The van der Waals surface area contributed by atoms with E-state index in [4.69, 9.17) is 10.8 Å². The van der Waals surface area contributed by atoms with Crippen molar-refractivity contribution in [3.8, 4) is 0 Å². The lowest BCUT2D eigenvalue weighted by molar-refractivity contribution is -0.141. The van der Waals surface area contributed by atoms with E-state index < -0.39 is 17.0 Å². The summed E-state index contributed by atoms with van der Waals surface area (Å²) in [6.07, 6.45) is 5.87. The summed E-state index contributed by atoms with van der Waals surface area (Å²) in [5.41, 5.74) is 4.77. The molecule has 0 saturated heterocycles. The largest absolute Gasteiger partial charge is 0.481 e. The van der Waals surface area contributed by atoms with Crippen molar-refractivity contribution >= 4 is 11.9 Å². The molecule has 0 unspecified atom stereocenters.